The van der Waals surface area contributed by atoms with Gasteiger partial charge in [-0.1, -0.05) is 3.89 Å². The van der Waals surface area contributed by atoms with Crippen molar-refractivity contribution in [2.45, 2.75) is 0 Å². The number of rotatable bonds is 1. The molecule has 0 saturated carbocycles. The van der Waals surface area contributed by atoms with Crippen LogP contribution >= 0.6 is 6.88 Å². The highest BCUT2D eigenvalue weighted by Crippen LogP contribution is 2.15. The molecule has 42 valence electrons. The zero-order valence-corrected chi connectivity index (χ0v) is 4.58. The summed E-state index contributed by atoms with van der Waals surface area (Å²) < 4.78 is 47.2. The Labute approximate surface area is 39.1 Å². The lowest BCUT2D eigenvalue weighted by Gasteiger charge is -1.63. The standard InChI is InChI=1S/FO4PS/c1-7(4,5)6(2)3. The molecule has 0 bridgehead atoms. The van der Waals surface area contributed by atoms with Crippen LogP contribution in [0.15, 0.2) is 0 Å². The average Bonchev–Trinajstić information content (AvgIpc) is 1.31. The van der Waals surface area contributed by atoms with Gasteiger partial charge in [0.1, 0.15) is 0 Å². The summed E-state index contributed by atoms with van der Waals surface area (Å²) in [6.45, 7) is -3.94. The van der Waals surface area contributed by atoms with Gasteiger partial charge in [0.15, 0.2) is 0 Å². The van der Waals surface area contributed by atoms with Crippen LogP contribution in [0.25, 0.3) is 0 Å². The molecule has 0 unspecified atom stereocenters. The maximum Gasteiger partial charge on any atom is 0.467 e. The van der Waals surface area contributed by atoms with Gasteiger partial charge in [-0.05, 0) is 0 Å². The topological polar surface area (TPSA) is 68.3 Å². The van der Waals surface area contributed by atoms with Crippen molar-refractivity contribution in [1.29, 1.82) is 0 Å². The molecule has 0 heterocycles. The third kappa shape index (κ3) is 2.47. The number of hydrogen-bond donors (Lipinski definition) is 0. The summed E-state index contributed by atoms with van der Waals surface area (Å²) >= 11 is 0. The van der Waals surface area contributed by atoms with E-state index in [2.05, 4.69) is 0 Å². The quantitative estimate of drug-likeness (QED) is 0.396. The van der Waals surface area contributed by atoms with E-state index in [-0.39, 0.29) is 0 Å². The Hall–Kier alpha value is -0.220. The van der Waals surface area contributed by atoms with E-state index in [1.165, 1.54) is 0 Å². The molecule has 0 radical (unpaired) electrons. The van der Waals surface area contributed by atoms with Crippen LogP contribution in [-0.4, -0.2) is 8.42 Å². The molecule has 0 aromatic rings. The molecule has 0 spiro atoms. The molecule has 7 heavy (non-hydrogen) atoms. The number of halogens is 1. The first-order chi connectivity index (χ1) is 2.94. The molecule has 7 heteroatoms. The summed E-state index contributed by atoms with van der Waals surface area (Å²) in [5.41, 5.74) is 0. The first-order valence-corrected chi connectivity index (χ1v) is 4.20. The second-order valence-corrected chi connectivity index (χ2v) is 4.11. The fourth-order valence-corrected chi connectivity index (χ4v) is 0. The Morgan fingerprint density at radius 2 is 1.43 bits per heavy atom. The van der Waals surface area contributed by atoms with Gasteiger partial charge in [0.05, 0.1) is 0 Å². The van der Waals surface area contributed by atoms with E-state index in [4.69, 9.17) is 17.5 Å². The maximum absolute atomic E-state index is 10.9. The van der Waals surface area contributed by atoms with Crippen LogP contribution in [0.4, 0.5) is 3.89 Å². The summed E-state index contributed by atoms with van der Waals surface area (Å²) in [6, 6.07) is 0. The predicted octanol–water partition coefficient (Wildman–Crippen LogP) is 0.374. The van der Waals surface area contributed by atoms with Crippen molar-refractivity contribution in [3.05, 3.63) is 0 Å². The van der Waals surface area contributed by atoms with E-state index in [0.29, 0.717) is 0 Å². The molecule has 4 nitrogen and oxygen atoms in total. The highest BCUT2D eigenvalue weighted by atomic mass is 32.8. The third-order valence-corrected chi connectivity index (χ3v) is 1.60. The molecule has 0 aromatic carbocycles. The van der Waals surface area contributed by atoms with E-state index in [1.807, 2.05) is 0 Å². The van der Waals surface area contributed by atoms with Gasteiger partial charge in [-0.2, -0.15) is 8.42 Å². The molecular weight excluding hydrogens is 146 g/mol. The van der Waals surface area contributed by atoms with E-state index < -0.39 is 16.7 Å². The minimum absolute atomic E-state index is 3.94. The van der Waals surface area contributed by atoms with Crippen LogP contribution in [0.1, 0.15) is 0 Å². The zero-order valence-electron chi connectivity index (χ0n) is 2.87. The molecule has 0 aliphatic heterocycles. The average molecular weight is 146 g/mol. The molecule has 0 fully saturated rings. The third-order valence-electron chi connectivity index (χ3n) is 0.178. The smallest absolute Gasteiger partial charge is 0.217 e. The molecule has 0 atom stereocenters. The van der Waals surface area contributed by atoms with Gasteiger partial charge >= 0.3 is 16.7 Å². The Bertz CT molecular complexity index is 200. The van der Waals surface area contributed by atoms with Crippen LogP contribution in [0.2, 0.25) is 0 Å². The zero-order chi connectivity index (χ0) is 6.08. The molecule has 0 N–H and O–H groups in total. The molecule has 0 rings (SSSR count). The fourth-order valence-electron chi connectivity index (χ4n) is 0. The fraction of sp³-hybridized carbons (Fsp3) is 0. The number of hydrogen-bond acceptors (Lipinski definition) is 4. The van der Waals surface area contributed by atoms with Gasteiger partial charge in [0, 0.05) is 0 Å². The molecular formula is FO4PS. The maximum atomic E-state index is 10.9. The van der Waals surface area contributed by atoms with E-state index in [0.717, 1.165) is 0 Å². The van der Waals surface area contributed by atoms with Gasteiger partial charge < -0.3 is 0 Å². The molecule has 0 aliphatic rings. The Balaban J connectivity index is 4.82. The van der Waals surface area contributed by atoms with Gasteiger partial charge in [-0.15, -0.1) is 0 Å². The summed E-state index contributed by atoms with van der Waals surface area (Å²) in [7, 11) is -5.29. The van der Waals surface area contributed by atoms with Gasteiger partial charge in [-0.3, -0.25) is 0 Å². The van der Waals surface area contributed by atoms with Crippen LogP contribution < -0.4 is 0 Å². The summed E-state index contributed by atoms with van der Waals surface area (Å²) in [5.74, 6) is 0. The monoisotopic (exact) mass is 146 g/mol. The Morgan fingerprint density at radius 1 is 1.29 bits per heavy atom. The second kappa shape index (κ2) is 1.71. The van der Waals surface area contributed by atoms with Crippen molar-refractivity contribution in [3.63, 3.8) is 0 Å². The van der Waals surface area contributed by atoms with E-state index >= 15 is 0 Å². The predicted molar refractivity (Wildman–Crippen MR) is 18.3 cm³/mol. The largest absolute Gasteiger partial charge is 0.467 e. The summed E-state index contributed by atoms with van der Waals surface area (Å²) in [6.07, 6.45) is 0. The lowest BCUT2D eigenvalue weighted by atomic mass is 15.9. The van der Waals surface area contributed by atoms with Crippen molar-refractivity contribution in [3.8, 4) is 0 Å². The highest BCUT2D eigenvalue weighted by Gasteiger charge is 2.12. The van der Waals surface area contributed by atoms with Crippen molar-refractivity contribution >= 4 is 16.7 Å². The SMILES string of the molecule is O=P(=O)S(=O)(=O)F. The van der Waals surface area contributed by atoms with Crippen LogP contribution in [0.5, 0.6) is 0 Å². The second-order valence-electron chi connectivity index (χ2n) is 0.636. The summed E-state index contributed by atoms with van der Waals surface area (Å²) in [4.78, 5) is 0. The van der Waals surface area contributed by atoms with Gasteiger partial charge in [0.25, 0.3) is 0 Å². The first-order valence-electron chi connectivity index (χ1n) is 1.04. The van der Waals surface area contributed by atoms with Crippen LogP contribution in [0.3, 0.4) is 0 Å². The Kier molecular flexibility index (Phi) is 1.66. The Morgan fingerprint density at radius 3 is 1.43 bits per heavy atom. The lowest BCUT2D eigenvalue weighted by Crippen LogP contribution is -1.71. The molecule has 0 saturated heterocycles. The highest BCUT2D eigenvalue weighted by molar-refractivity contribution is 8.38. The van der Waals surface area contributed by atoms with Gasteiger partial charge in [-0.25, -0.2) is 9.13 Å². The molecule has 0 amide bonds. The normalized spacial score (nSPS) is 11.0. The minimum Gasteiger partial charge on any atom is -0.217 e. The van der Waals surface area contributed by atoms with E-state index in [1.54, 1.807) is 0 Å². The first kappa shape index (κ1) is 6.78. The minimum atomic E-state index is -5.29. The lowest BCUT2D eigenvalue weighted by molar-refractivity contribution is 0.511. The van der Waals surface area contributed by atoms with Crippen molar-refractivity contribution in [2.24, 2.45) is 0 Å². The van der Waals surface area contributed by atoms with Gasteiger partial charge in [0.2, 0.25) is 0 Å². The summed E-state index contributed by atoms with van der Waals surface area (Å²) in [5, 5.41) is 0. The van der Waals surface area contributed by atoms with Crippen LogP contribution in [0, 0.1) is 0 Å². The van der Waals surface area contributed by atoms with Crippen molar-refractivity contribution in [1.82, 2.24) is 0 Å². The molecule has 0 aliphatic carbocycles. The van der Waals surface area contributed by atoms with Crippen molar-refractivity contribution in [2.75, 3.05) is 0 Å². The molecule has 0 aromatic heterocycles. The van der Waals surface area contributed by atoms with Crippen molar-refractivity contribution < 1.29 is 21.4 Å². The van der Waals surface area contributed by atoms with Crippen LogP contribution in [-0.2, 0) is 19.0 Å². The van der Waals surface area contributed by atoms with E-state index in [9.17, 15) is 3.89 Å².